The molecule has 204 valence electrons. The van der Waals surface area contributed by atoms with Crippen LogP contribution in [0.25, 0.3) is 0 Å². The number of carbonyl (C=O) groups excluding carboxylic acids is 2. The number of amides is 2. The molecule has 3 rings (SSSR count). The third-order valence-electron chi connectivity index (χ3n) is 5.16. The maximum atomic E-state index is 12.8. The lowest BCUT2D eigenvalue weighted by Crippen LogP contribution is -2.28. The number of ether oxygens (including phenoxy) is 1. The summed E-state index contributed by atoms with van der Waals surface area (Å²) in [4.78, 5) is 36.5. The number of halogens is 3. The highest BCUT2D eigenvalue weighted by atomic mass is 19.4. The molecule has 2 amide bonds. The van der Waals surface area contributed by atoms with Gasteiger partial charge < -0.3 is 14.6 Å². The van der Waals surface area contributed by atoms with E-state index in [0.717, 1.165) is 12.1 Å². The van der Waals surface area contributed by atoms with E-state index < -0.39 is 29.3 Å². The Bertz CT molecular complexity index is 1330. The number of hydrogen-bond acceptors (Lipinski definition) is 6. The summed E-state index contributed by atoms with van der Waals surface area (Å²) in [6.07, 6.45) is -0.804. The van der Waals surface area contributed by atoms with Gasteiger partial charge in [-0.3, -0.25) is 19.6 Å². The maximum absolute atomic E-state index is 12.8. The molecule has 0 saturated carbocycles. The second-order valence-electron chi connectivity index (χ2n) is 9.53. The summed E-state index contributed by atoms with van der Waals surface area (Å²) in [6, 6.07) is 7.63. The number of pyridine rings is 1. The van der Waals surface area contributed by atoms with Gasteiger partial charge >= 0.3 is 12.3 Å². The van der Waals surface area contributed by atoms with Gasteiger partial charge in [0.1, 0.15) is 5.60 Å². The molecule has 2 aromatic heterocycles. The van der Waals surface area contributed by atoms with Crippen LogP contribution in [0.5, 0.6) is 0 Å². The zero-order valence-electron chi connectivity index (χ0n) is 21.2. The van der Waals surface area contributed by atoms with Crippen LogP contribution in [-0.2, 0) is 30.5 Å². The van der Waals surface area contributed by atoms with Gasteiger partial charge in [-0.05, 0) is 57.4 Å². The number of hydrogen-bond donors (Lipinski definition) is 2. The highest BCUT2D eigenvalue weighted by Gasteiger charge is 2.30. The lowest BCUT2D eigenvalue weighted by Gasteiger charge is -2.19. The number of benzene rings is 1. The van der Waals surface area contributed by atoms with Gasteiger partial charge in [0.25, 0.3) is 11.5 Å². The third kappa shape index (κ3) is 8.75. The van der Waals surface area contributed by atoms with E-state index in [1.54, 1.807) is 33.0 Å². The molecule has 0 aliphatic rings. The van der Waals surface area contributed by atoms with Crippen LogP contribution in [0.3, 0.4) is 0 Å². The van der Waals surface area contributed by atoms with E-state index >= 15 is 0 Å². The zero-order valence-corrected chi connectivity index (χ0v) is 21.2. The number of rotatable bonds is 9. The number of alkyl halides is 3. The fourth-order valence-electron chi connectivity index (χ4n) is 3.39. The quantitative estimate of drug-likeness (QED) is 0.397. The van der Waals surface area contributed by atoms with Crippen LogP contribution in [-0.4, -0.2) is 37.2 Å². The van der Waals surface area contributed by atoms with E-state index in [4.69, 9.17) is 4.74 Å². The Kier molecular flexibility index (Phi) is 8.92. The number of nitrogens with zero attached hydrogens (tertiary/aromatic N) is 4. The predicted molar refractivity (Wildman–Crippen MR) is 132 cm³/mol. The molecule has 0 saturated heterocycles. The summed E-state index contributed by atoms with van der Waals surface area (Å²) in [6.45, 7) is 6.01. The molecular weight excluding hydrogens is 505 g/mol. The van der Waals surface area contributed by atoms with Crippen LogP contribution in [0.4, 0.5) is 23.7 Å². The molecule has 13 heteroatoms. The van der Waals surface area contributed by atoms with Crippen LogP contribution in [0.1, 0.15) is 55.2 Å². The van der Waals surface area contributed by atoms with Crippen molar-refractivity contribution in [3.63, 3.8) is 0 Å². The van der Waals surface area contributed by atoms with Crippen molar-refractivity contribution in [1.29, 1.82) is 0 Å². The largest absolute Gasteiger partial charge is 0.444 e. The van der Waals surface area contributed by atoms with Crippen LogP contribution in [0.15, 0.2) is 53.6 Å². The van der Waals surface area contributed by atoms with E-state index in [2.05, 4.69) is 20.9 Å². The van der Waals surface area contributed by atoms with Crippen LogP contribution in [0.2, 0.25) is 0 Å². The molecule has 2 heterocycles. The van der Waals surface area contributed by atoms with Crippen LogP contribution < -0.4 is 16.2 Å². The van der Waals surface area contributed by atoms with E-state index in [1.807, 2.05) is 0 Å². The molecule has 2 N–H and O–H groups in total. The average molecular weight is 535 g/mol. The molecule has 0 unspecified atom stereocenters. The predicted octanol–water partition coefficient (Wildman–Crippen LogP) is 4.22. The normalized spacial score (nSPS) is 11.7. The standard InChI is InChI=1S/C25H29F3N6O4/c1-24(2,3)38-23(37)30-19-9-12-33(21(35)14-19)10-4-5-11-34-16-20(31-32-34)22(36)29-15-17-7-6-8-18(13-17)25(26,27)28/h6-9,12-14,16H,4-5,10-11,15H2,1-3H3,(H,29,36)(H,30,37). The highest BCUT2D eigenvalue weighted by Crippen LogP contribution is 2.29. The molecule has 1 aromatic carbocycles. The van der Waals surface area contributed by atoms with Crippen molar-refractivity contribution in [3.8, 4) is 0 Å². The minimum Gasteiger partial charge on any atom is -0.444 e. The van der Waals surface area contributed by atoms with Gasteiger partial charge in [0.15, 0.2) is 5.69 Å². The number of aryl methyl sites for hydroxylation is 2. The molecule has 0 aliphatic carbocycles. The zero-order chi connectivity index (χ0) is 27.9. The first-order chi connectivity index (χ1) is 17.8. The first-order valence-corrected chi connectivity index (χ1v) is 11.9. The van der Waals surface area contributed by atoms with Gasteiger partial charge in [0.05, 0.1) is 17.4 Å². The van der Waals surface area contributed by atoms with Crippen molar-refractivity contribution in [1.82, 2.24) is 24.9 Å². The molecular formula is C25H29F3N6O4. The van der Waals surface area contributed by atoms with Crippen LogP contribution in [0, 0.1) is 0 Å². The summed E-state index contributed by atoms with van der Waals surface area (Å²) >= 11 is 0. The Morgan fingerprint density at radius 2 is 1.79 bits per heavy atom. The van der Waals surface area contributed by atoms with E-state index in [-0.39, 0.29) is 17.8 Å². The summed E-state index contributed by atoms with van der Waals surface area (Å²) in [7, 11) is 0. The van der Waals surface area contributed by atoms with Gasteiger partial charge in [-0.15, -0.1) is 5.10 Å². The van der Waals surface area contributed by atoms with Crippen molar-refractivity contribution >= 4 is 17.7 Å². The number of aromatic nitrogens is 4. The van der Waals surface area contributed by atoms with Crippen molar-refractivity contribution in [2.45, 2.75) is 65.0 Å². The summed E-state index contributed by atoms with van der Waals surface area (Å²) in [5.74, 6) is -0.555. The molecule has 0 aliphatic heterocycles. The van der Waals surface area contributed by atoms with Gasteiger partial charge in [-0.2, -0.15) is 13.2 Å². The Hall–Kier alpha value is -4.16. The maximum Gasteiger partial charge on any atom is 0.416 e. The topological polar surface area (TPSA) is 120 Å². The Morgan fingerprint density at radius 3 is 2.47 bits per heavy atom. The van der Waals surface area contributed by atoms with Gasteiger partial charge in [-0.25, -0.2) is 4.79 Å². The summed E-state index contributed by atoms with van der Waals surface area (Å²) in [5, 5.41) is 12.8. The van der Waals surface area contributed by atoms with Gasteiger partial charge in [0, 0.05) is 31.9 Å². The molecule has 0 radical (unpaired) electrons. The fourth-order valence-corrected chi connectivity index (χ4v) is 3.39. The van der Waals surface area contributed by atoms with E-state index in [0.29, 0.717) is 37.2 Å². The van der Waals surface area contributed by atoms with Crippen molar-refractivity contribution in [3.05, 3.63) is 76.0 Å². The number of anilines is 1. The molecule has 38 heavy (non-hydrogen) atoms. The Balaban J connectivity index is 1.43. The molecule has 0 fully saturated rings. The first-order valence-electron chi connectivity index (χ1n) is 11.9. The minimum atomic E-state index is -4.46. The molecule has 0 spiro atoms. The average Bonchev–Trinajstić information content (AvgIpc) is 3.29. The van der Waals surface area contributed by atoms with Gasteiger partial charge in [0.2, 0.25) is 0 Å². The van der Waals surface area contributed by atoms with Gasteiger partial charge in [-0.1, -0.05) is 17.3 Å². The molecule has 3 aromatic rings. The van der Waals surface area contributed by atoms with E-state index in [9.17, 15) is 27.6 Å². The van der Waals surface area contributed by atoms with Crippen molar-refractivity contribution in [2.24, 2.45) is 0 Å². The van der Waals surface area contributed by atoms with Crippen molar-refractivity contribution < 1.29 is 27.5 Å². The summed E-state index contributed by atoms with van der Waals surface area (Å²) in [5.41, 5.74) is -1.03. The smallest absolute Gasteiger partial charge is 0.416 e. The van der Waals surface area contributed by atoms with Crippen molar-refractivity contribution in [2.75, 3.05) is 5.32 Å². The molecule has 0 bridgehead atoms. The number of unbranched alkanes of at least 4 members (excludes halogenated alkanes) is 1. The third-order valence-corrected chi connectivity index (χ3v) is 5.16. The minimum absolute atomic E-state index is 0.0428. The fraction of sp³-hybridized carbons (Fsp3) is 0.400. The summed E-state index contributed by atoms with van der Waals surface area (Å²) < 4.78 is 46.7. The second-order valence-corrected chi connectivity index (χ2v) is 9.53. The lowest BCUT2D eigenvalue weighted by molar-refractivity contribution is -0.137. The highest BCUT2D eigenvalue weighted by molar-refractivity contribution is 5.91. The molecule has 10 nitrogen and oxygen atoms in total. The monoisotopic (exact) mass is 534 g/mol. The Labute approximate surface area is 216 Å². The van der Waals surface area contributed by atoms with Crippen LogP contribution >= 0.6 is 0 Å². The number of carbonyl (C=O) groups is 2. The Morgan fingerprint density at radius 1 is 1.05 bits per heavy atom. The first kappa shape index (κ1) is 28.4. The number of nitrogens with one attached hydrogen (secondary N) is 2. The van der Waals surface area contributed by atoms with E-state index in [1.165, 1.54) is 33.6 Å². The SMILES string of the molecule is CC(C)(C)OC(=O)Nc1ccn(CCCCn2cc(C(=O)NCc3cccc(C(F)(F)F)c3)nn2)c(=O)c1. The second kappa shape index (κ2) is 11.9. The lowest BCUT2D eigenvalue weighted by atomic mass is 10.1. The molecule has 0 atom stereocenters.